The zero-order chi connectivity index (χ0) is 17.1. The molecule has 1 N–H and O–H groups in total. The van der Waals surface area contributed by atoms with E-state index >= 15 is 0 Å². The van der Waals surface area contributed by atoms with Gasteiger partial charge in [0.25, 0.3) is 0 Å². The fourth-order valence-electron chi connectivity index (χ4n) is 3.41. The minimum absolute atomic E-state index is 0.103. The maximum absolute atomic E-state index is 13.0. The highest BCUT2D eigenvalue weighted by Gasteiger charge is 2.41. The van der Waals surface area contributed by atoms with E-state index in [1.807, 2.05) is 12.1 Å². The Morgan fingerprint density at radius 2 is 1.75 bits per heavy atom. The number of hydrogen-bond acceptors (Lipinski definition) is 2. The first-order chi connectivity index (χ1) is 11.6. The zero-order valence-electron chi connectivity index (χ0n) is 13.5. The highest BCUT2D eigenvalue weighted by Crippen LogP contribution is 2.35. The first-order valence-corrected chi connectivity index (χ1v) is 9.44. The molecule has 2 aliphatic rings. The molecular formula is C18H22Cl2N2O2. The maximum atomic E-state index is 13.0. The summed E-state index contributed by atoms with van der Waals surface area (Å²) in [5.74, 6) is -0.424. The Morgan fingerprint density at radius 3 is 2.29 bits per heavy atom. The number of alkyl halides is 1. The maximum Gasteiger partial charge on any atom is 0.247 e. The van der Waals surface area contributed by atoms with Gasteiger partial charge in [0.1, 0.15) is 11.9 Å². The molecule has 4 nitrogen and oxygen atoms in total. The average Bonchev–Trinajstić information content (AvgIpc) is 3.29. The van der Waals surface area contributed by atoms with E-state index in [2.05, 4.69) is 5.32 Å². The summed E-state index contributed by atoms with van der Waals surface area (Å²) in [6.07, 6.45) is 6.14. The molecule has 0 spiro atoms. The molecule has 1 aromatic carbocycles. The second-order valence-electron chi connectivity index (χ2n) is 6.61. The summed E-state index contributed by atoms with van der Waals surface area (Å²) in [7, 11) is 0. The topological polar surface area (TPSA) is 49.4 Å². The predicted molar refractivity (Wildman–Crippen MR) is 95.2 cm³/mol. The van der Waals surface area contributed by atoms with Gasteiger partial charge in [-0.2, -0.15) is 0 Å². The number of hydrogen-bond donors (Lipinski definition) is 1. The molecule has 2 saturated carbocycles. The zero-order valence-corrected chi connectivity index (χ0v) is 15.0. The van der Waals surface area contributed by atoms with Gasteiger partial charge in [0.2, 0.25) is 11.8 Å². The van der Waals surface area contributed by atoms with E-state index in [9.17, 15) is 9.59 Å². The minimum atomic E-state index is -0.637. The van der Waals surface area contributed by atoms with Crippen LogP contribution in [-0.4, -0.2) is 34.7 Å². The van der Waals surface area contributed by atoms with Crippen LogP contribution in [0.15, 0.2) is 24.3 Å². The summed E-state index contributed by atoms with van der Waals surface area (Å²) < 4.78 is 0. The summed E-state index contributed by atoms with van der Waals surface area (Å²) in [5, 5.41) is 3.73. The van der Waals surface area contributed by atoms with Gasteiger partial charge in [-0.3, -0.25) is 9.59 Å². The van der Waals surface area contributed by atoms with Gasteiger partial charge < -0.3 is 10.2 Å². The van der Waals surface area contributed by atoms with Crippen LogP contribution in [-0.2, 0) is 9.59 Å². The van der Waals surface area contributed by atoms with Gasteiger partial charge in [-0.05, 0) is 43.4 Å². The molecular weight excluding hydrogens is 347 g/mol. The molecule has 0 aromatic heterocycles. The van der Waals surface area contributed by atoms with Crippen LogP contribution in [0.3, 0.4) is 0 Å². The van der Waals surface area contributed by atoms with Crippen molar-refractivity contribution in [3.63, 3.8) is 0 Å². The van der Waals surface area contributed by atoms with Crippen molar-refractivity contribution in [2.75, 3.05) is 5.88 Å². The number of nitrogens with one attached hydrogen (secondary N) is 1. The van der Waals surface area contributed by atoms with Crippen molar-refractivity contribution in [1.29, 1.82) is 0 Å². The third-order valence-electron chi connectivity index (χ3n) is 4.76. The summed E-state index contributed by atoms with van der Waals surface area (Å²) >= 11 is 11.8. The molecule has 2 fully saturated rings. The summed E-state index contributed by atoms with van der Waals surface area (Å²) in [4.78, 5) is 27.1. The second-order valence-corrected chi connectivity index (χ2v) is 7.31. The fraction of sp³-hybridized carbons (Fsp3) is 0.556. The lowest BCUT2D eigenvalue weighted by atomic mass is 10.0. The summed E-state index contributed by atoms with van der Waals surface area (Å²) in [6.45, 7) is 0. The Balaban J connectivity index is 1.88. The smallest absolute Gasteiger partial charge is 0.247 e. The molecule has 2 amide bonds. The van der Waals surface area contributed by atoms with Crippen molar-refractivity contribution in [2.45, 2.75) is 56.7 Å². The largest absolute Gasteiger partial charge is 0.351 e. The molecule has 0 unspecified atom stereocenters. The molecule has 6 heteroatoms. The lowest BCUT2D eigenvalue weighted by Gasteiger charge is -2.32. The SMILES string of the molecule is O=C(NC1CCCC1)[C@H](c1ccc(Cl)cc1)N(C(=O)CCl)C1CC1. The number of benzene rings is 1. The Labute approximate surface area is 152 Å². The molecule has 0 heterocycles. The normalized spacial score (nSPS) is 19.1. The molecule has 2 aliphatic carbocycles. The lowest BCUT2D eigenvalue weighted by Crippen LogP contribution is -2.47. The molecule has 0 saturated heterocycles. The highest BCUT2D eigenvalue weighted by atomic mass is 35.5. The number of carbonyl (C=O) groups is 2. The van der Waals surface area contributed by atoms with Crippen LogP contribution in [0.1, 0.15) is 50.1 Å². The molecule has 1 aromatic rings. The van der Waals surface area contributed by atoms with Crippen molar-refractivity contribution >= 4 is 35.0 Å². The first-order valence-electron chi connectivity index (χ1n) is 8.53. The molecule has 0 bridgehead atoms. The average molecular weight is 369 g/mol. The number of halogens is 2. The van der Waals surface area contributed by atoms with Crippen molar-refractivity contribution in [3.05, 3.63) is 34.9 Å². The van der Waals surface area contributed by atoms with Crippen molar-refractivity contribution in [1.82, 2.24) is 10.2 Å². The highest BCUT2D eigenvalue weighted by molar-refractivity contribution is 6.30. The molecule has 24 heavy (non-hydrogen) atoms. The number of rotatable bonds is 6. The third kappa shape index (κ3) is 4.04. The van der Waals surface area contributed by atoms with Crippen molar-refractivity contribution in [3.8, 4) is 0 Å². The van der Waals surface area contributed by atoms with E-state index in [4.69, 9.17) is 23.2 Å². The minimum Gasteiger partial charge on any atom is -0.351 e. The van der Waals surface area contributed by atoms with E-state index < -0.39 is 6.04 Å². The molecule has 0 radical (unpaired) electrons. The second kappa shape index (κ2) is 7.75. The van der Waals surface area contributed by atoms with E-state index in [-0.39, 0.29) is 29.8 Å². The molecule has 130 valence electrons. The van der Waals surface area contributed by atoms with Crippen LogP contribution in [0.4, 0.5) is 0 Å². The van der Waals surface area contributed by atoms with E-state index in [1.54, 1.807) is 17.0 Å². The predicted octanol–water partition coefficient (Wildman–Crippen LogP) is 3.67. The summed E-state index contributed by atoms with van der Waals surface area (Å²) in [5.41, 5.74) is 0.778. The third-order valence-corrected chi connectivity index (χ3v) is 5.24. The van der Waals surface area contributed by atoms with Crippen LogP contribution in [0.5, 0.6) is 0 Å². The van der Waals surface area contributed by atoms with Gasteiger partial charge in [-0.15, -0.1) is 11.6 Å². The van der Waals surface area contributed by atoms with Gasteiger partial charge in [-0.1, -0.05) is 36.6 Å². The van der Waals surface area contributed by atoms with Crippen LogP contribution in [0.25, 0.3) is 0 Å². The van der Waals surface area contributed by atoms with E-state index in [0.29, 0.717) is 5.02 Å². The number of carbonyl (C=O) groups excluding carboxylic acids is 2. The monoisotopic (exact) mass is 368 g/mol. The fourth-order valence-corrected chi connectivity index (χ4v) is 3.68. The quantitative estimate of drug-likeness (QED) is 0.778. The van der Waals surface area contributed by atoms with Crippen LogP contribution in [0, 0.1) is 0 Å². The van der Waals surface area contributed by atoms with Gasteiger partial charge in [0.15, 0.2) is 0 Å². The molecule has 0 aliphatic heterocycles. The molecule has 3 rings (SSSR count). The Bertz CT molecular complexity index is 596. The van der Waals surface area contributed by atoms with Gasteiger partial charge in [-0.25, -0.2) is 0 Å². The lowest BCUT2D eigenvalue weighted by molar-refractivity contribution is -0.140. The van der Waals surface area contributed by atoms with Gasteiger partial charge in [0.05, 0.1) is 0 Å². The van der Waals surface area contributed by atoms with Gasteiger partial charge >= 0.3 is 0 Å². The van der Waals surface area contributed by atoms with E-state index in [0.717, 1.165) is 44.1 Å². The van der Waals surface area contributed by atoms with Crippen molar-refractivity contribution in [2.24, 2.45) is 0 Å². The first kappa shape index (κ1) is 17.6. The standard InChI is InChI=1S/C18H22Cl2N2O2/c19-11-16(23)22(15-9-10-15)17(12-5-7-13(20)8-6-12)18(24)21-14-3-1-2-4-14/h5-8,14-15,17H,1-4,9-11H2,(H,21,24)/t17-/m0/s1. The van der Waals surface area contributed by atoms with Crippen LogP contribution in [0.2, 0.25) is 5.02 Å². The Kier molecular flexibility index (Phi) is 5.67. The molecule has 1 atom stereocenters. The van der Waals surface area contributed by atoms with Gasteiger partial charge in [0, 0.05) is 17.1 Å². The summed E-state index contributed by atoms with van der Waals surface area (Å²) in [6, 6.07) is 6.81. The van der Waals surface area contributed by atoms with E-state index in [1.165, 1.54) is 0 Å². The number of amides is 2. The Hall–Kier alpha value is -1.26. The van der Waals surface area contributed by atoms with Crippen molar-refractivity contribution < 1.29 is 9.59 Å². The van der Waals surface area contributed by atoms with Crippen LogP contribution < -0.4 is 5.32 Å². The number of nitrogens with zero attached hydrogens (tertiary/aromatic N) is 1. The van der Waals surface area contributed by atoms with Crippen LogP contribution >= 0.6 is 23.2 Å². The Morgan fingerprint density at radius 1 is 1.12 bits per heavy atom.